The number of hydrogen-bond donors (Lipinski definition) is 1. The monoisotopic (exact) mass is 404 g/mol. The molecule has 8 heteroatoms. The number of aromatic carboxylic acids is 1. The van der Waals surface area contributed by atoms with E-state index in [2.05, 4.69) is 0 Å². The van der Waals surface area contributed by atoms with E-state index in [4.69, 9.17) is 14.5 Å². The quantitative estimate of drug-likeness (QED) is 0.507. The maximum absolute atomic E-state index is 12.1. The van der Waals surface area contributed by atoms with Crippen LogP contribution in [-0.4, -0.2) is 27.8 Å². The molecule has 30 heavy (non-hydrogen) atoms. The number of carboxylic acid groups (broad SMARTS) is 1. The van der Waals surface area contributed by atoms with E-state index in [1.54, 1.807) is 30.3 Å². The number of benzene rings is 2. The molecule has 2 aromatic carbocycles. The minimum atomic E-state index is -1.000. The molecule has 1 N–H and O–H groups in total. The zero-order valence-corrected chi connectivity index (χ0v) is 15.8. The van der Waals surface area contributed by atoms with Gasteiger partial charge in [0.05, 0.1) is 33.3 Å². The molecule has 0 fully saturated rings. The molecule has 1 aliphatic heterocycles. The SMILES string of the molecule is O=C(O)c1c2c(nc3ccccc13)C(=Cc1cc3c(cc1[N+](=O)[O-])OCO3)CCC2. The van der Waals surface area contributed by atoms with Crippen LogP contribution in [0.5, 0.6) is 11.5 Å². The van der Waals surface area contributed by atoms with Gasteiger partial charge in [-0.3, -0.25) is 10.1 Å². The number of carboxylic acids is 1. The van der Waals surface area contributed by atoms with Crippen molar-refractivity contribution >= 4 is 34.2 Å². The maximum Gasteiger partial charge on any atom is 0.336 e. The Morgan fingerprint density at radius 2 is 1.93 bits per heavy atom. The third kappa shape index (κ3) is 2.85. The van der Waals surface area contributed by atoms with Crippen molar-refractivity contribution in [1.29, 1.82) is 0 Å². The van der Waals surface area contributed by atoms with Crippen LogP contribution in [0, 0.1) is 10.1 Å². The molecule has 8 nitrogen and oxygen atoms in total. The molecular formula is C22H16N2O6. The van der Waals surface area contributed by atoms with Crippen LogP contribution in [0.1, 0.15) is 40.0 Å². The zero-order valence-electron chi connectivity index (χ0n) is 15.8. The highest BCUT2D eigenvalue weighted by atomic mass is 16.7. The second-order valence-corrected chi connectivity index (χ2v) is 7.18. The van der Waals surface area contributed by atoms with Crippen LogP contribution in [0.3, 0.4) is 0 Å². The Morgan fingerprint density at radius 3 is 2.70 bits per heavy atom. The summed E-state index contributed by atoms with van der Waals surface area (Å²) in [4.78, 5) is 27.9. The van der Waals surface area contributed by atoms with Crippen molar-refractivity contribution in [3.05, 3.63) is 68.9 Å². The van der Waals surface area contributed by atoms with Gasteiger partial charge in [0.2, 0.25) is 6.79 Å². The molecule has 1 aromatic heterocycles. The number of allylic oxidation sites excluding steroid dienone is 1. The van der Waals surface area contributed by atoms with E-state index in [1.807, 2.05) is 6.07 Å². The van der Waals surface area contributed by atoms with Gasteiger partial charge in [-0.15, -0.1) is 0 Å². The predicted molar refractivity (Wildman–Crippen MR) is 109 cm³/mol. The highest BCUT2D eigenvalue weighted by molar-refractivity contribution is 6.06. The number of nitro groups is 1. The van der Waals surface area contributed by atoms with Gasteiger partial charge in [0, 0.05) is 5.39 Å². The lowest BCUT2D eigenvalue weighted by Gasteiger charge is -2.21. The zero-order chi connectivity index (χ0) is 20.8. The van der Waals surface area contributed by atoms with E-state index in [-0.39, 0.29) is 18.0 Å². The van der Waals surface area contributed by atoms with E-state index >= 15 is 0 Å². The van der Waals surface area contributed by atoms with Crippen molar-refractivity contribution in [2.45, 2.75) is 19.3 Å². The van der Waals surface area contributed by atoms with Crippen molar-refractivity contribution in [2.75, 3.05) is 6.79 Å². The molecule has 1 aliphatic carbocycles. The Hall–Kier alpha value is -3.94. The lowest BCUT2D eigenvalue weighted by atomic mass is 9.86. The molecule has 0 saturated carbocycles. The topological polar surface area (TPSA) is 112 Å². The number of rotatable bonds is 3. The Labute approximate surface area is 170 Å². The van der Waals surface area contributed by atoms with Crippen molar-refractivity contribution in [3.8, 4) is 11.5 Å². The molecule has 0 bridgehead atoms. The second-order valence-electron chi connectivity index (χ2n) is 7.18. The van der Waals surface area contributed by atoms with Crippen LogP contribution in [0.4, 0.5) is 5.69 Å². The van der Waals surface area contributed by atoms with Crippen LogP contribution in [0.15, 0.2) is 36.4 Å². The van der Waals surface area contributed by atoms with Gasteiger partial charge in [0.25, 0.3) is 5.69 Å². The predicted octanol–water partition coefficient (Wildman–Crippen LogP) is 4.45. The largest absolute Gasteiger partial charge is 0.478 e. The molecule has 2 heterocycles. The van der Waals surface area contributed by atoms with Crippen LogP contribution < -0.4 is 9.47 Å². The van der Waals surface area contributed by atoms with Crippen LogP contribution in [0.25, 0.3) is 22.6 Å². The van der Waals surface area contributed by atoms with Gasteiger partial charge in [-0.2, -0.15) is 0 Å². The van der Waals surface area contributed by atoms with Crippen molar-refractivity contribution < 1.29 is 24.3 Å². The summed E-state index contributed by atoms with van der Waals surface area (Å²) in [6.45, 7) is 0.0187. The summed E-state index contributed by atoms with van der Waals surface area (Å²) < 4.78 is 10.6. The molecule has 5 rings (SSSR count). The van der Waals surface area contributed by atoms with Gasteiger partial charge in [0.15, 0.2) is 11.5 Å². The number of fused-ring (bicyclic) bond motifs is 3. The van der Waals surface area contributed by atoms with E-state index < -0.39 is 10.9 Å². The molecule has 3 aromatic rings. The highest BCUT2D eigenvalue weighted by Crippen LogP contribution is 2.41. The minimum Gasteiger partial charge on any atom is -0.478 e. The van der Waals surface area contributed by atoms with Gasteiger partial charge >= 0.3 is 5.97 Å². The number of ether oxygens (including phenoxy) is 2. The summed E-state index contributed by atoms with van der Waals surface area (Å²) in [5, 5.41) is 22.1. The Morgan fingerprint density at radius 1 is 1.17 bits per heavy atom. The van der Waals surface area contributed by atoms with Gasteiger partial charge < -0.3 is 14.6 Å². The van der Waals surface area contributed by atoms with E-state index in [9.17, 15) is 20.0 Å². The normalized spacial score (nSPS) is 15.9. The number of carbonyl (C=O) groups is 1. The van der Waals surface area contributed by atoms with Gasteiger partial charge in [0.1, 0.15) is 0 Å². The molecule has 0 unspecified atom stereocenters. The minimum absolute atomic E-state index is 0.0187. The van der Waals surface area contributed by atoms with Crippen molar-refractivity contribution in [1.82, 2.24) is 4.98 Å². The number of aromatic nitrogens is 1. The van der Waals surface area contributed by atoms with Gasteiger partial charge in [-0.25, -0.2) is 9.78 Å². The smallest absolute Gasteiger partial charge is 0.336 e. The number of para-hydroxylation sites is 1. The first kappa shape index (κ1) is 18.1. The fourth-order valence-corrected chi connectivity index (χ4v) is 4.13. The summed E-state index contributed by atoms with van der Waals surface area (Å²) in [7, 11) is 0. The lowest BCUT2D eigenvalue weighted by molar-refractivity contribution is -0.385. The highest BCUT2D eigenvalue weighted by Gasteiger charge is 2.27. The first-order valence-electron chi connectivity index (χ1n) is 9.47. The fraction of sp³-hybridized carbons (Fsp3) is 0.182. The molecule has 0 atom stereocenters. The molecule has 0 spiro atoms. The Balaban J connectivity index is 1.74. The van der Waals surface area contributed by atoms with E-state index in [0.717, 1.165) is 12.0 Å². The number of nitrogens with zero attached hydrogens (tertiary/aromatic N) is 2. The molecule has 0 saturated heterocycles. The van der Waals surface area contributed by atoms with Crippen LogP contribution >= 0.6 is 0 Å². The molecule has 0 amide bonds. The number of nitro benzene ring substituents is 1. The third-order valence-electron chi connectivity index (χ3n) is 5.43. The van der Waals surface area contributed by atoms with Gasteiger partial charge in [-0.05, 0) is 48.6 Å². The van der Waals surface area contributed by atoms with Crippen LogP contribution in [0.2, 0.25) is 0 Å². The van der Waals surface area contributed by atoms with Crippen LogP contribution in [-0.2, 0) is 6.42 Å². The number of pyridine rings is 1. The summed E-state index contributed by atoms with van der Waals surface area (Å²) in [5.41, 5.74) is 3.14. The van der Waals surface area contributed by atoms with E-state index in [0.29, 0.717) is 52.1 Å². The lowest BCUT2D eigenvalue weighted by Crippen LogP contribution is -2.13. The maximum atomic E-state index is 12.1. The fourth-order valence-electron chi connectivity index (χ4n) is 4.13. The molecular weight excluding hydrogens is 388 g/mol. The summed E-state index contributed by atoms with van der Waals surface area (Å²) in [6, 6.07) is 10.1. The third-order valence-corrected chi connectivity index (χ3v) is 5.43. The van der Waals surface area contributed by atoms with E-state index in [1.165, 1.54) is 6.07 Å². The van der Waals surface area contributed by atoms with Crippen molar-refractivity contribution in [2.24, 2.45) is 0 Å². The number of hydrogen-bond acceptors (Lipinski definition) is 6. The average Bonchev–Trinajstić information content (AvgIpc) is 3.19. The van der Waals surface area contributed by atoms with Crippen molar-refractivity contribution in [3.63, 3.8) is 0 Å². The Bertz CT molecular complexity index is 1260. The standard InChI is InChI=1S/C22H16N2O6/c25-22(26)20-14-5-1-2-7-16(14)23-21-12(4-3-6-15(20)21)8-13-9-18-19(30-11-29-18)10-17(13)24(27)28/h1-2,5,7-10H,3-4,6,11H2,(H,25,26). The molecule has 0 radical (unpaired) electrons. The Kier molecular flexibility index (Phi) is 4.13. The summed E-state index contributed by atoms with van der Waals surface area (Å²) in [5.74, 6) is -0.216. The average molecular weight is 404 g/mol. The molecule has 2 aliphatic rings. The summed E-state index contributed by atoms with van der Waals surface area (Å²) in [6.07, 6.45) is 3.68. The first-order chi connectivity index (χ1) is 14.5. The summed E-state index contributed by atoms with van der Waals surface area (Å²) >= 11 is 0. The second kappa shape index (κ2) is 6.84. The van der Waals surface area contributed by atoms with Gasteiger partial charge in [-0.1, -0.05) is 18.2 Å². The molecule has 150 valence electrons. The first-order valence-corrected chi connectivity index (χ1v) is 9.47.